The molecule has 1 aromatic rings. The predicted molar refractivity (Wildman–Crippen MR) is 61.4 cm³/mol. The van der Waals surface area contributed by atoms with Crippen LogP contribution >= 0.6 is 15.9 Å². The SMILES string of the molecule is CCOCCCC(N)c1c(Br)nnn1C. The zero-order chi connectivity index (χ0) is 11.3. The Morgan fingerprint density at radius 2 is 2.33 bits per heavy atom. The molecule has 0 amide bonds. The Kier molecular flexibility index (Phi) is 5.21. The van der Waals surface area contributed by atoms with Crippen LogP contribution in [-0.2, 0) is 11.8 Å². The van der Waals surface area contributed by atoms with Gasteiger partial charge in [0.25, 0.3) is 0 Å². The van der Waals surface area contributed by atoms with E-state index in [0.717, 1.165) is 36.4 Å². The second kappa shape index (κ2) is 6.19. The Hall–Kier alpha value is -0.460. The topological polar surface area (TPSA) is 66.0 Å². The maximum atomic E-state index is 6.04. The van der Waals surface area contributed by atoms with E-state index in [4.69, 9.17) is 10.5 Å². The van der Waals surface area contributed by atoms with E-state index in [1.165, 1.54) is 0 Å². The molecule has 1 heterocycles. The fourth-order valence-electron chi connectivity index (χ4n) is 1.42. The van der Waals surface area contributed by atoms with Crippen molar-refractivity contribution in [3.05, 3.63) is 10.3 Å². The lowest BCUT2D eigenvalue weighted by Gasteiger charge is -2.11. The molecule has 1 atom stereocenters. The monoisotopic (exact) mass is 276 g/mol. The van der Waals surface area contributed by atoms with Crippen molar-refractivity contribution in [1.29, 1.82) is 0 Å². The van der Waals surface area contributed by atoms with Crippen molar-refractivity contribution in [2.45, 2.75) is 25.8 Å². The molecule has 0 fully saturated rings. The van der Waals surface area contributed by atoms with Crippen molar-refractivity contribution in [3.63, 3.8) is 0 Å². The molecular weight excluding hydrogens is 260 g/mol. The summed E-state index contributed by atoms with van der Waals surface area (Å²) < 4.78 is 7.69. The first-order valence-electron chi connectivity index (χ1n) is 5.05. The number of rotatable bonds is 6. The Labute approximate surface area is 98.1 Å². The minimum Gasteiger partial charge on any atom is -0.382 e. The molecule has 6 heteroatoms. The Balaban J connectivity index is 2.43. The van der Waals surface area contributed by atoms with E-state index in [9.17, 15) is 0 Å². The summed E-state index contributed by atoms with van der Waals surface area (Å²) >= 11 is 3.33. The van der Waals surface area contributed by atoms with Gasteiger partial charge in [-0.05, 0) is 35.7 Å². The van der Waals surface area contributed by atoms with Gasteiger partial charge in [0.1, 0.15) is 0 Å². The minimum atomic E-state index is -0.0418. The molecule has 0 spiro atoms. The highest BCUT2D eigenvalue weighted by Crippen LogP contribution is 2.21. The second-order valence-corrected chi connectivity index (χ2v) is 4.09. The van der Waals surface area contributed by atoms with Crippen molar-refractivity contribution >= 4 is 15.9 Å². The highest BCUT2D eigenvalue weighted by atomic mass is 79.9. The van der Waals surface area contributed by atoms with Crippen LogP contribution in [0.2, 0.25) is 0 Å². The molecule has 1 unspecified atom stereocenters. The number of nitrogens with two attached hydrogens (primary N) is 1. The third kappa shape index (κ3) is 3.55. The number of ether oxygens (including phenoxy) is 1. The van der Waals surface area contributed by atoms with Crippen molar-refractivity contribution in [2.24, 2.45) is 12.8 Å². The van der Waals surface area contributed by atoms with Gasteiger partial charge in [-0.3, -0.25) is 0 Å². The highest BCUT2D eigenvalue weighted by Gasteiger charge is 2.15. The molecule has 0 saturated heterocycles. The summed E-state index contributed by atoms with van der Waals surface area (Å²) in [5.74, 6) is 0. The average Bonchev–Trinajstić information content (AvgIpc) is 2.53. The van der Waals surface area contributed by atoms with Crippen LogP contribution in [0.4, 0.5) is 0 Å². The number of hydrogen-bond donors (Lipinski definition) is 1. The summed E-state index contributed by atoms with van der Waals surface area (Å²) in [6.45, 7) is 3.50. The number of nitrogens with zero attached hydrogens (tertiary/aromatic N) is 3. The van der Waals surface area contributed by atoms with Crippen LogP contribution in [0.15, 0.2) is 4.60 Å². The van der Waals surface area contributed by atoms with Gasteiger partial charge in [0.05, 0.1) is 5.69 Å². The van der Waals surface area contributed by atoms with Crippen molar-refractivity contribution in [3.8, 4) is 0 Å². The Morgan fingerprint density at radius 3 is 2.87 bits per heavy atom. The summed E-state index contributed by atoms with van der Waals surface area (Å²) in [5.41, 5.74) is 6.97. The zero-order valence-electron chi connectivity index (χ0n) is 9.11. The lowest BCUT2D eigenvalue weighted by Crippen LogP contribution is -2.15. The number of hydrogen-bond acceptors (Lipinski definition) is 4. The van der Waals surface area contributed by atoms with Gasteiger partial charge in [-0.15, -0.1) is 5.10 Å². The van der Waals surface area contributed by atoms with Crippen LogP contribution in [0.5, 0.6) is 0 Å². The van der Waals surface area contributed by atoms with Gasteiger partial charge >= 0.3 is 0 Å². The molecule has 2 N–H and O–H groups in total. The summed E-state index contributed by atoms with van der Waals surface area (Å²) in [5, 5.41) is 7.79. The van der Waals surface area contributed by atoms with Crippen LogP contribution in [0.25, 0.3) is 0 Å². The summed E-state index contributed by atoms with van der Waals surface area (Å²) in [6.07, 6.45) is 1.83. The third-order valence-electron chi connectivity index (χ3n) is 2.19. The molecule has 1 aromatic heterocycles. The molecule has 86 valence electrons. The van der Waals surface area contributed by atoms with Crippen molar-refractivity contribution in [2.75, 3.05) is 13.2 Å². The van der Waals surface area contributed by atoms with E-state index in [2.05, 4.69) is 26.2 Å². The summed E-state index contributed by atoms with van der Waals surface area (Å²) in [4.78, 5) is 0. The number of aromatic nitrogens is 3. The van der Waals surface area contributed by atoms with Gasteiger partial charge in [0, 0.05) is 26.3 Å². The first-order valence-corrected chi connectivity index (χ1v) is 5.84. The molecular formula is C9H17BrN4O. The molecule has 0 bridgehead atoms. The lowest BCUT2D eigenvalue weighted by molar-refractivity contribution is 0.141. The smallest absolute Gasteiger partial charge is 0.153 e. The molecule has 0 saturated carbocycles. The van der Waals surface area contributed by atoms with Gasteiger partial charge < -0.3 is 10.5 Å². The first-order chi connectivity index (χ1) is 7.16. The second-order valence-electron chi connectivity index (χ2n) is 3.33. The maximum Gasteiger partial charge on any atom is 0.153 e. The third-order valence-corrected chi connectivity index (χ3v) is 2.75. The molecule has 15 heavy (non-hydrogen) atoms. The van der Waals surface area contributed by atoms with Crippen LogP contribution < -0.4 is 5.73 Å². The Morgan fingerprint density at radius 1 is 1.60 bits per heavy atom. The largest absolute Gasteiger partial charge is 0.382 e. The number of halogens is 1. The molecule has 5 nitrogen and oxygen atoms in total. The van der Waals surface area contributed by atoms with Gasteiger partial charge in [-0.1, -0.05) is 5.21 Å². The van der Waals surface area contributed by atoms with Crippen molar-refractivity contribution in [1.82, 2.24) is 15.0 Å². The average molecular weight is 277 g/mol. The van der Waals surface area contributed by atoms with E-state index in [0.29, 0.717) is 0 Å². The number of aryl methyl sites for hydroxylation is 1. The molecule has 0 radical (unpaired) electrons. The molecule has 0 aromatic carbocycles. The lowest BCUT2D eigenvalue weighted by atomic mass is 10.1. The van der Waals surface area contributed by atoms with Gasteiger partial charge in [0.2, 0.25) is 0 Å². The van der Waals surface area contributed by atoms with E-state index < -0.39 is 0 Å². The predicted octanol–water partition coefficient (Wildman–Crippen LogP) is 1.39. The fraction of sp³-hybridized carbons (Fsp3) is 0.778. The maximum absolute atomic E-state index is 6.04. The van der Waals surface area contributed by atoms with Crippen LogP contribution in [0, 0.1) is 0 Å². The Bertz CT molecular complexity index is 283. The van der Waals surface area contributed by atoms with E-state index in [-0.39, 0.29) is 6.04 Å². The van der Waals surface area contributed by atoms with Crippen molar-refractivity contribution < 1.29 is 4.74 Å². The molecule has 0 aliphatic rings. The molecule has 0 aliphatic carbocycles. The highest BCUT2D eigenvalue weighted by molar-refractivity contribution is 9.10. The van der Waals surface area contributed by atoms with E-state index in [1.54, 1.807) is 4.68 Å². The molecule has 1 rings (SSSR count). The van der Waals surface area contributed by atoms with Crippen LogP contribution in [0.1, 0.15) is 31.5 Å². The van der Waals surface area contributed by atoms with Gasteiger partial charge in [0.15, 0.2) is 4.60 Å². The summed E-state index contributed by atoms with van der Waals surface area (Å²) in [6, 6.07) is -0.0418. The van der Waals surface area contributed by atoms with Crippen LogP contribution in [0.3, 0.4) is 0 Å². The first kappa shape index (κ1) is 12.6. The standard InChI is InChI=1S/C9H17BrN4O/c1-3-15-6-4-5-7(11)8-9(10)12-13-14(8)2/h7H,3-6,11H2,1-2H3. The van der Waals surface area contributed by atoms with Gasteiger partial charge in [-0.25, -0.2) is 4.68 Å². The normalized spacial score (nSPS) is 13.1. The fourth-order valence-corrected chi connectivity index (χ4v) is 2.04. The summed E-state index contributed by atoms with van der Waals surface area (Å²) in [7, 11) is 1.84. The van der Waals surface area contributed by atoms with Crippen LogP contribution in [-0.4, -0.2) is 28.2 Å². The van der Waals surface area contributed by atoms with E-state index >= 15 is 0 Å². The molecule has 0 aliphatic heterocycles. The van der Waals surface area contributed by atoms with E-state index in [1.807, 2.05) is 14.0 Å². The quantitative estimate of drug-likeness (QED) is 0.798. The zero-order valence-corrected chi connectivity index (χ0v) is 10.7. The minimum absolute atomic E-state index is 0.0418. The van der Waals surface area contributed by atoms with Gasteiger partial charge in [-0.2, -0.15) is 0 Å².